The van der Waals surface area contributed by atoms with Crippen molar-refractivity contribution in [2.45, 2.75) is 70.6 Å². The van der Waals surface area contributed by atoms with Gasteiger partial charge in [-0.3, -0.25) is 9.59 Å². The Bertz CT molecular complexity index is 1060. The predicted octanol–water partition coefficient (Wildman–Crippen LogP) is 3.37. The highest BCUT2D eigenvalue weighted by atomic mass is 35.5. The summed E-state index contributed by atoms with van der Waals surface area (Å²) in [5, 5.41) is 22.9. The number of benzene rings is 1. The summed E-state index contributed by atoms with van der Waals surface area (Å²) in [7, 11) is 0. The molecule has 1 aromatic heterocycles. The van der Waals surface area contributed by atoms with E-state index in [0.29, 0.717) is 28.9 Å². The van der Waals surface area contributed by atoms with Crippen LogP contribution in [0.5, 0.6) is 0 Å². The van der Waals surface area contributed by atoms with E-state index >= 15 is 0 Å². The minimum absolute atomic E-state index is 0.105. The number of aliphatic hydroxyl groups is 1. The maximum absolute atomic E-state index is 13.7. The highest BCUT2D eigenvalue weighted by molar-refractivity contribution is 6.33. The van der Waals surface area contributed by atoms with Gasteiger partial charge in [-0.15, -0.1) is 5.10 Å². The molecule has 34 heavy (non-hydrogen) atoms. The molecule has 8 nitrogen and oxygen atoms in total. The van der Waals surface area contributed by atoms with Gasteiger partial charge in [0.15, 0.2) is 0 Å². The Hall–Kier alpha value is -2.16. The first kappa shape index (κ1) is 24.9. The van der Waals surface area contributed by atoms with Crippen molar-refractivity contribution in [3.05, 3.63) is 45.7 Å². The van der Waals surface area contributed by atoms with Crippen molar-refractivity contribution >= 4 is 35.0 Å². The molecule has 10 heteroatoms. The number of amides is 2. The normalized spacial score (nSPS) is 21.5. The first-order valence-electron chi connectivity index (χ1n) is 11.7. The van der Waals surface area contributed by atoms with E-state index < -0.39 is 23.6 Å². The van der Waals surface area contributed by atoms with Crippen molar-refractivity contribution < 1.29 is 14.7 Å². The van der Waals surface area contributed by atoms with Gasteiger partial charge in [-0.25, -0.2) is 4.68 Å². The van der Waals surface area contributed by atoms with Gasteiger partial charge < -0.3 is 15.3 Å². The molecule has 1 aliphatic carbocycles. The molecule has 1 aliphatic heterocycles. The van der Waals surface area contributed by atoms with E-state index in [0.717, 1.165) is 24.1 Å². The second-order valence-corrected chi connectivity index (χ2v) is 11.2. The Balaban J connectivity index is 1.46. The molecule has 184 valence electrons. The molecule has 3 atom stereocenters. The predicted molar refractivity (Wildman–Crippen MR) is 130 cm³/mol. The molecule has 0 bridgehead atoms. The lowest BCUT2D eigenvalue weighted by atomic mass is 9.85. The zero-order valence-corrected chi connectivity index (χ0v) is 21.2. The van der Waals surface area contributed by atoms with E-state index in [4.69, 9.17) is 23.2 Å². The smallest absolute Gasteiger partial charge is 0.248 e. The van der Waals surface area contributed by atoms with E-state index in [-0.39, 0.29) is 24.8 Å². The van der Waals surface area contributed by atoms with Crippen molar-refractivity contribution in [3.8, 4) is 0 Å². The maximum Gasteiger partial charge on any atom is 0.248 e. The summed E-state index contributed by atoms with van der Waals surface area (Å²) in [5.41, 5.74) is 1.26. The Morgan fingerprint density at radius 1 is 1.26 bits per heavy atom. The number of aliphatic hydroxyl groups excluding tert-OH is 1. The van der Waals surface area contributed by atoms with Crippen LogP contribution >= 0.6 is 23.2 Å². The molecule has 2 heterocycles. The van der Waals surface area contributed by atoms with Crippen LogP contribution in [0.1, 0.15) is 63.3 Å². The number of rotatable bonds is 7. The number of β-amino-alcohol motifs (C(OH)–C–C–N with tert-alkyl or cyclic N) is 1. The van der Waals surface area contributed by atoms with Crippen LogP contribution < -0.4 is 5.32 Å². The molecule has 1 saturated heterocycles. The first-order chi connectivity index (χ1) is 16.0. The highest BCUT2D eigenvalue weighted by Crippen LogP contribution is 2.40. The third-order valence-electron chi connectivity index (χ3n) is 6.41. The van der Waals surface area contributed by atoms with Gasteiger partial charge in [0.05, 0.1) is 11.8 Å². The van der Waals surface area contributed by atoms with Crippen LogP contribution in [0.3, 0.4) is 0 Å². The molecule has 1 saturated carbocycles. The van der Waals surface area contributed by atoms with Crippen molar-refractivity contribution in [3.63, 3.8) is 0 Å². The fraction of sp³-hybridized carbons (Fsp3) is 0.583. The van der Waals surface area contributed by atoms with Crippen molar-refractivity contribution in [2.24, 2.45) is 5.41 Å². The molecular weight excluding hydrogens is 477 g/mol. The largest absolute Gasteiger partial charge is 0.391 e. The van der Waals surface area contributed by atoms with E-state index in [2.05, 4.69) is 15.6 Å². The third-order valence-corrected chi connectivity index (χ3v) is 7.01. The molecule has 1 aromatic carbocycles. The van der Waals surface area contributed by atoms with E-state index in [1.165, 1.54) is 4.90 Å². The van der Waals surface area contributed by atoms with Crippen molar-refractivity contribution in [2.75, 3.05) is 13.1 Å². The van der Waals surface area contributed by atoms with Crippen LogP contribution in [0.15, 0.2) is 24.4 Å². The summed E-state index contributed by atoms with van der Waals surface area (Å²) in [5.74, 6) is -0.119. The van der Waals surface area contributed by atoms with Gasteiger partial charge in [0.1, 0.15) is 12.1 Å². The lowest BCUT2D eigenvalue weighted by Gasteiger charge is -2.34. The number of halogens is 2. The van der Waals surface area contributed by atoms with Gasteiger partial charge in [0.2, 0.25) is 11.8 Å². The summed E-state index contributed by atoms with van der Waals surface area (Å²) in [4.78, 5) is 28.3. The number of nitrogens with one attached hydrogen (secondary N) is 1. The fourth-order valence-corrected chi connectivity index (χ4v) is 4.91. The number of likely N-dealkylation sites (tertiary alicyclic amines) is 1. The van der Waals surface area contributed by atoms with Crippen LogP contribution in [-0.2, 0) is 16.0 Å². The van der Waals surface area contributed by atoms with E-state index in [9.17, 15) is 14.7 Å². The number of hydrogen-bond acceptors (Lipinski definition) is 5. The summed E-state index contributed by atoms with van der Waals surface area (Å²) >= 11 is 12.3. The second-order valence-electron chi connectivity index (χ2n) is 10.3. The van der Waals surface area contributed by atoms with Crippen molar-refractivity contribution in [1.82, 2.24) is 25.2 Å². The minimum Gasteiger partial charge on any atom is -0.391 e. The van der Waals surface area contributed by atoms with Crippen LogP contribution in [0.4, 0.5) is 0 Å². The van der Waals surface area contributed by atoms with Gasteiger partial charge in [-0.2, -0.15) is 0 Å². The zero-order valence-electron chi connectivity index (χ0n) is 19.7. The Morgan fingerprint density at radius 2 is 2.00 bits per heavy atom. The SMILES string of the molecule is CC(C)(C)[C@@H](C(=O)N1C[C@H](O)C[C@H]1C(=O)NCCc1cc(Cl)ccc1Cl)n1cc(C2CC2)nn1. The molecule has 2 amide bonds. The monoisotopic (exact) mass is 507 g/mol. The number of carbonyl (C=O) groups is 2. The standard InChI is InChI=1S/C24H31Cl2N5O3/c1-24(2,3)21(31-13-19(28-29-31)14-4-5-14)23(34)30-12-17(32)11-20(30)22(33)27-9-8-15-10-16(25)6-7-18(15)26/h6-7,10,13-14,17,20-21,32H,4-5,8-9,11-12H2,1-3H3,(H,27,33)/t17-,20+,21-/m1/s1. The van der Waals surface area contributed by atoms with Gasteiger partial charge in [0, 0.05) is 41.7 Å². The molecule has 2 aliphatic rings. The number of hydrogen-bond donors (Lipinski definition) is 2. The van der Waals surface area contributed by atoms with E-state index in [1.807, 2.05) is 27.0 Å². The average molecular weight is 508 g/mol. The number of nitrogens with zero attached hydrogens (tertiary/aromatic N) is 4. The molecule has 2 fully saturated rings. The Morgan fingerprint density at radius 3 is 2.68 bits per heavy atom. The van der Waals surface area contributed by atoms with Crippen LogP contribution in [-0.4, -0.2) is 62.0 Å². The summed E-state index contributed by atoms with van der Waals surface area (Å²) in [6, 6.07) is 3.81. The lowest BCUT2D eigenvalue weighted by molar-refractivity contribution is -0.144. The van der Waals surface area contributed by atoms with Gasteiger partial charge >= 0.3 is 0 Å². The van der Waals surface area contributed by atoms with Gasteiger partial charge in [-0.05, 0) is 48.4 Å². The third kappa shape index (κ3) is 5.56. The van der Waals surface area contributed by atoms with Crippen LogP contribution in [0.2, 0.25) is 10.0 Å². The van der Waals surface area contributed by atoms with E-state index in [1.54, 1.807) is 22.9 Å². The topological polar surface area (TPSA) is 100 Å². The highest BCUT2D eigenvalue weighted by Gasteiger charge is 2.45. The van der Waals surface area contributed by atoms with Crippen LogP contribution in [0, 0.1) is 5.41 Å². The Kier molecular flexibility index (Phi) is 7.22. The molecule has 0 unspecified atom stereocenters. The summed E-state index contributed by atoms with van der Waals surface area (Å²) < 4.78 is 1.62. The number of aromatic nitrogens is 3. The molecule has 0 radical (unpaired) electrons. The summed E-state index contributed by atoms with van der Waals surface area (Å²) in [6.07, 6.45) is 3.96. The quantitative estimate of drug-likeness (QED) is 0.598. The molecule has 2 aromatic rings. The lowest BCUT2D eigenvalue weighted by Crippen LogP contribution is -2.50. The van der Waals surface area contributed by atoms with Gasteiger partial charge in [-0.1, -0.05) is 49.2 Å². The minimum atomic E-state index is -0.763. The summed E-state index contributed by atoms with van der Waals surface area (Å²) in [6.45, 7) is 6.33. The second kappa shape index (κ2) is 9.84. The molecule has 4 rings (SSSR count). The molecule has 0 spiro atoms. The number of carbonyl (C=O) groups excluding carboxylic acids is 2. The van der Waals surface area contributed by atoms with Gasteiger partial charge in [0.25, 0.3) is 0 Å². The first-order valence-corrected chi connectivity index (χ1v) is 12.4. The molecule has 2 N–H and O–H groups in total. The maximum atomic E-state index is 13.7. The fourth-order valence-electron chi connectivity index (χ4n) is 4.50. The van der Waals surface area contributed by atoms with Crippen molar-refractivity contribution in [1.29, 1.82) is 0 Å². The molecular formula is C24H31Cl2N5O3. The van der Waals surface area contributed by atoms with Crippen LogP contribution in [0.25, 0.3) is 0 Å². The Labute approximate surface area is 209 Å². The average Bonchev–Trinajstić information content (AvgIpc) is 3.37. The zero-order chi connectivity index (χ0) is 24.6.